The molecule has 104 valence electrons. The summed E-state index contributed by atoms with van der Waals surface area (Å²) in [7, 11) is 0. The van der Waals surface area contributed by atoms with E-state index in [1.165, 1.54) is 5.56 Å². The molecule has 1 aliphatic rings. The number of likely N-dealkylation sites (tertiary alicyclic amines) is 1. The smallest absolute Gasteiger partial charge is 0.234 e. The molecule has 3 nitrogen and oxygen atoms in total. The summed E-state index contributed by atoms with van der Waals surface area (Å²) in [6.07, 6.45) is 1.15. The van der Waals surface area contributed by atoms with Gasteiger partial charge in [0.25, 0.3) is 0 Å². The normalized spacial score (nSPS) is 20.5. The lowest BCUT2D eigenvalue weighted by atomic mass is 9.99. The fourth-order valence-corrected chi connectivity index (χ4v) is 2.63. The first-order valence-electron chi connectivity index (χ1n) is 7.02. The lowest BCUT2D eigenvalue weighted by Crippen LogP contribution is -2.45. The number of hydrogen-bond acceptors (Lipinski definition) is 2. The molecule has 0 bridgehead atoms. The zero-order chi connectivity index (χ0) is 13.9. The van der Waals surface area contributed by atoms with Crippen LogP contribution in [-0.4, -0.2) is 36.0 Å². The van der Waals surface area contributed by atoms with Crippen molar-refractivity contribution in [2.24, 2.45) is 0 Å². The van der Waals surface area contributed by atoms with Crippen LogP contribution in [0.1, 0.15) is 38.7 Å². The average molecular weight is 260 g/mol. The van der Waals surface area contributed by atoms with Gasteiger partial charge in [-0.1, -0.05) is 30.3 Å². The highest BCUT2D eigenvalue weighted by molar-refractivity contribution is 5.78. The second kappa shape index (κ2) is 5.74. The Kier molecular flexibility index (Phi) is 4.25. The van der Waals surface area contributed by atoms with Crippen molar-refractivity contribution < 1.29 is 4.79 Å². The van der Waals surface area contributed by atoms with Gasteiger partial charge < -0.3 is 5.32 Å². The Morgan fingerprint density at radius 3 is 2.63 bits per heavy atom. The van der Waals surface area contributed by atoms with Gasteiger partial charge in [-0.25, -0.2) is 0 Å². The molecule has 1 saturated heterocycles. The summed E-state index contributed by atoms with van der Waals surface area (Å²) >= 11 is 0. The van der Waals surface area contributed by atoms with Crippen LogP contribution in [0.25, 0.3) is 0 Å². The second-order valence-corrected chi connectivity index (χ2v) is 6.43. The number of amides is 1. The van der Waals surface area contributed by atoms with Crippen molar-refractivity contribution in [1.82, 2.24) is 10.2 Å². The van der Waals surface area contributed by atoms with E-state index in [1.54, 1.807) is 0 Å². The quantitative estimate of drug-likeness (QED) is 0.905. The number of carbonyl (C=O) groups is 1. The minimum Gasteiger partial charge on any atom is -0.350 e. The summed E-state index contributed by atoms with van der Waals surface area (Å²) in [5.41, 5.74) is 1.25. The van der Waals surface area contributed by atoms with E-state index in [0.29, 0.717) is 12.5 Å². The Bertz CT molecular complexity index is 422. The van der Waals surface area contributed by atoms with Crippen molar-refractivity contribution in [1.29, 1.82) is 0 Å². The summed E-state index contributed by atoms with van der Waals surface area (Å²) in [6.45, 7) is 8.56. The minimum atomic E-state index is -0.143. The van der Waals surface area contributed by atoms with E-state index in [9.17, 15) is 4.79 Å². The van der Waals surface area contributed by atoms with Crippen LogP contribution in [0.15, 0.2) is 30.3 Å². The third-order valence-corrected chi connectivity index (χ3v) is 3.42. The van der Waals surface area contributed by atoms with Gasteiger partial charge in [-0.3, -0.25) is 9.69 Å². The lowest BCUT2D eigenvalue weighted by molar-refractivity contribution is -0.123. The Morgan fingerprint density at radius 1 is 1.32 bits per heavy atom. The maximum absolute atomic E-state index is 11.9. The highest BCUT2D eigenvalue weighted by atomic mass is 16.2. The van der Waals surface area contributed by atoms with Gasteiger partial charge in [0, 0.05) is 12.1 Å². The molecule has 19 heavy (non-hydrogen) atoms. The summed E-state index contributed by atoms with van der Waals surface area (Å²) < 4.78 is 0. The number of hydrogen-bond donors (Lipinski definition) is 1. The van der Waals surface area contributed by atoms with Crippen molar-refractivity contribution in [3.8, 4) is 0 Å². The number of rotatable bonds is 3. The topological polar surface area (TPSA) is 32.3 Å². The van der Waals surface area contributed by atoms with Gasteiger partial charge in [0.05, 0.1) is 6.54 Å². The predicted octanol–water partition coefficient (Wildman–Crippen LogP) is 2.39. The van der Waals surface area contributed by atoms with Gasteiger partial charge in [0.2, 0.25) is 5.91 Å². The third-order valence-electron chi connectivity index (χ3n) is 3.42. The highest BCUT2D eigenvalue weighted by Gasteiger charge is 2.25. The van der Waals surface area contributed by atoms with Gasteiger partial charge in [-0.2, -0.15) is 0 Å². The Labute approximate surface area is 116 Å². The number of nitrogens with zero attached hydrogens (tertiary/aromatic N) is 1. The molecule has 0 saturated carbocycles. The fourth-order valence-electron chi connectivity index (χ4n) is 2.63. The van der Waals surface area contributed by atoms with Crippen LogP contribution in [0.4, 0.5) is 0 Å². The number of carbonyl (C=O) groups excluding carboxylic acids is 1. The van der Waals surface area contributed by atoms with Crippen LogP contribution in [-0.2, 0) is 4.79 Å². The van der Waals surface area contributed by atoms with Crippen molar-refractivity contribution >= 4 is 5.91 Å². The minimum absolute atomic E-state index is 0.126. The van der Waals surface area contributed by atoms with Crippen molar-refractivity contribution in [3.63, 3.8) is 0 Å². The van der Waals surface area contributed by atoms with Gasteiger partial charge in [-0.05, 0) is 45.2 Å². The maximum atomic E-state index is 11.9. The molecule has 1 aromatic rings. The van der Waals surface area contributed by atoms with E-state index in [-0.39, 0.29) is 11.4 Å². The molecule has 1 atom stereocenters. The SMILES string of the molecule is CC(C)(C)NC(=O)CN1CCC(c2ccccc2)C1. The molecule has 1 heterocycles. The van der Waals surface area contributed by atoms with E-state index in [2.05, 4.69) is 34.5 Å². The van der Waals surface area contributed by atoms with E-state index in [1.807, 2.05) is 26.8 Å². The second-order valence-electron chi connectivity index (χ2n) is 6.43. The summed E-state index contributed by atoms with van der Waals surface area (Å²) in [4.78, 5) is 14.2. The predicted molar refractivity (Wildman–Crippen MR) is 78.1 cm³/mol. The molecule has 1 unspecified atom stereocenters. The third kappa shape index (κ3) is 4.35. The van der Waals surface area contributed by atoms with E-state index in [0.717, 1.165) is 19.5 Å². The molecule has 0 radical (unpaired) electrons. The summed E-state index contributed by atoms with van der Waals surface area (Å²) in [5.74, 6) is 0.699. The fraction of sp³-hybridized carbons (Fsp3) is 0.562. The molecule has 0 spiro atoms. The van der Waals surface area contributed by atoms with Gasteiger partial charge in [-0.15, -0.1) is 0 Å². The standard InChI is InChI=1S/C16H24N2O/c1-16(2,3)17-15(19)12-18-10-9-14(11-18)13-7-5-4-6-8-13/h4-8,14H,9-12H2,1-3H3,(H,17,19). The Morgan fingerprint density at radius 2 is 2.00 bits per heavy atom. The Hall–Kier alpha value is -1.35. The molecule has 1 amide bonds. The summed E-state index contributed by atoms with van der Waals surface area (Å²) in [5, 5.41) is 3.02. The first kappa shape index (κ1) is 14.1. The van der Waals surface area contributed by atoms with Crippen LogP contribution in [0.2, 0.25) is 0 Å². The molecule has 2 rings (SSSR count). The molecular weight excluding hydrogens is 236 g/mol. The van der Waals surface area contributed by atoms with Crippen LogP contribution in [0.3, 0.4) is 0 Å². The van der Waals surface area contributed by atoms with E-state index in [4.69, 9.17) is 0 Å². The molecule has 1 N–H and O–H groups in total. The largest absolute Gasteiger partial charge is 0.350 e. The van der Waals surface area contributed by atoms with Gasteiger partial charge in [0.15, 0.2) is 0 Å². The van der Waals surface area contributed by atoms with Crippen LogP contribution >= 0.6 is 0 Å². The first-order valence-corrected chi connectivity index (χ1v) is 7.02. The monoisotopic (exact) mass is 260 g/mol. The molecule has 3 heteroatoms. The van der Waals surface area contributed by atoms with Crippen LogP contribution in [0, 0.1) is 0 Å². The molecule has 1 aliphatic heterocycles. The number of benzene rings is 1. The van der Waals surface area contributed by atoms with E-state index >= 15 is 0 Å². The molecule has 0 aromatic heterocycles. The van der Waals surface area contributed by atoms with Gasteiger partial charge in [0.1, 0.15) is 0 Å². The van der Waals surface area contributed by atoms with Gasteiger partial charge >= 0.3 is 0 Å². The molecule has 1 fully saturated rings. The number of nitrogens with one attached hydrogen (secondary N) is 1. The Balaban J connectivity index is 1.84. The van der Waals surface area contributed by atoms with Crippen molar-refractivity contribution in [2.45, 2.75) is 38.6 Å². The lowest BCUT2D eigenvalue weighted by Gasteiger charge is -2.23. The molecular formula is C16H24N2O. The van der Waals surface area contributed by atoms with E-state index < -0.39 is 0 Å². The van der Waals surface area contributed by atoms with Crippen LogP contribution < -0.4 is 5.32 Å². The molecule has 0 aliphatic carbocycles. The first-order chi connectivity index (χ1) is 8.94. The maximum Gasteiger partial charge on any atom is 0.234 e. The zero-order valence-corrected chi connectivity index (χ0v) is 12.1. The van der Waals surface area contributed by atoms with Crippen LogP contribution in [0.5, 0.6) is 0 Å². The molecule has 1 aromatic carbocycles. The van der Waals surface area contributed by atoms with Crippen molar-refractivity contribution in [3.05, 3.63) is 35.9 Å². The zero-order valence-electron chi connectivity index (χ0n) is 12.1. The van der Waals surface area contributed by atoms with Crippen molar-refractivity contribution in [2.75, 3.05) is 19.6 Å². The summed E-state index contributed by atoms with van der Waals surface area (Å²) in [6, 6.07) is 10.6. The average Bonchev–Trinajstić information content (AvgIpc) is 2.76. The highest BCUT2D eigenvalue weighted by Crippen LogP contribution is 2.26.